The van der Waals surface area contributed by atoms with Crippen LogP contribution in [0.25, 0.3) is 0 Å². The number of benzene rings is 1. The molecular formula is C19H29NO2. The molecule has 0 aliphatic heterocycles. The highest BCUT2D eigenvalue weighted by Crippen LogP contribution is 2.16. The Morgan fingerprint density at radius 1 is 1.18 bits per heavy atom. The molecule has 0 radical (unpaired) electrons. The first-order valence-electron chi connectivity index (χ1n) is 8.36. The monoisotopic (exact) mass is 303 g/mol. The van der Waals surface area contributed by atoms with Gasteiger partial charge >= 0.3 is 0 Å². The van der Waals surface area contributed by atoms with Gasteiger partial charge in [-0.2, -0.15) is 0 Å². The zero-order valence-corrected chi connectivity index (χ0v) is 14.3. The minimum absolute atomic E-state index is 0.0265. The third-order valence-corrected chi connectivity index (χ3v) is 3.88. The number of rotatable bonds is 9. The predicted octanol–water partition coefficient (Wildman–Crippen LogP) is 4.61. The Morgan fingerprint density at radius 3 is 2.55 bits per heavy atom. The number of carbonyl (C=O) groups excluding carboxylic acids is 2. The van der Waals surface area contributed by atoms with E-state index in [9.17, 15) is 9.59 Å². The first kappa shape index (κ1) is 18.4. The maximum atomic E-state index is 12.0. The van der Waals surface area contributed by atoms with Crippen LogP contribution < -0.4 is 5.32 Å². The molecular weight excluding hydrogens is 274 g/mol. The lowest BCUT2D eigenvalue weighted by Gasteiger charge is -2.10. The number of amides is 1. The molecule has 1 unspecified atom stereocenters. The number of nitrogens with one attached hydrogen (secondary N) is 1. The zero-order valence-electron chi connectivity index (χ0n) is 14.3. The summed E-state index contributed by atoms with van der Waals surface area (Å²) in [7, 11) is 0. The molecule has 0 saturated heterocycles. The van der Waals surface area contributed by atoms with E-state index in [0.29, 0.717) is 12.2 Å². The normalized spacial score (nSPS) is 12.2. The molecule has 0 aliphatic rings. The van der Waals surface area contributed by atoms with Crippen LogP contribution >= 0.6 is 0 Å². The highest BCUT2D eigenvalue weighted by molar-refractivity contribution is 5.92. The van der Waals surface area contributed by atoms with Crippen LogP contribution in [0.15, 0.2) is 24.3 Å². The van der Waals surface area contributed by atoms with Gasteiger partial charge in [0.2, 0.25) is 5.91 Å². The zero-order chi connectivity index (χ0) is 16.5. The van der Waals surface area contributed by atoms with E-state index in [0.717, 1.165) is 36.9 Å². The molecule has 0 bridgehead atoms. The molecule has 0 fully saturated rings. The van der Waals surface area contributed by atoms with Crippen molar-refractivity contribution in [2.24, 2.45) is 11.8 Å². The van der Waals surface area contributed by atoms with E-state index in [2.05, 4.69) is 12.2 Å². The Kier molecular flexibility index (Phi) is 7.86. The van der Waals surface area contributed by atoms with Crippen LogP contribution in [0.5, 0.6) is 0 Å². The van der Waals surface area contributed by atoms with Crippen molar-refractivity contribution in [2.75, 3.05) is 5.32 Å². The lowest BCUT2D eigenvalue weighted by Crippen LogP contribution is -2.17. The summed E-state index contributed by atoms with van der Waals surface area (Å²) < 4.78 is 0. The highest BCUT2D eigenvalue weighted by atomic mass is 16.1. The van der Waals surface area contributed by atoms with Gasteiger partial charge in [-0.15, -0.1) is 0 Å². The van der Waals surface area contributed by atoms with Gasteiger partial charge in [-0.3, -0.25) is 9.59 Å². The molecule has 0 spiro atoms. The quantitative estimate of drug-likeness (QED) is 0.724. The molecule has 0 heterocycles. The predicted molar refractivity (Wildman–Crippen MR) is 91.9 cm³/mol. The van der Waals surface area contributed by atoms with Crippen molar-refractivity contribution in [2.45, 2.75) is 59.8 Å². The van der Waals surface area contributed by atoms with E-state index in [-0.39, 0.29) is 17.7 Å². The molecule has 1 atom stereocenters. The molecule has 1 aromatic rings. The van der Waals surface area contributed by atoms with Crippen molar-refractivity contribution in [3.05, 3.63) is 29.8 Å². The Morgan fingerprint density at radius 2 is 1.91 bits per heavy atom. The third kappa shape index (κ3) is 6.42. The molecule has 122 valence electrons. The minimum atomic E-state index is -0.0265. The van der Waals surface area contributed by atoms with Crippen molar-refractivity contribution in [1.29, 1.82) is 0 Å². The number of hydrogen-bond acceptors (Lipinski definition) is 2. The fourth-order valence-electron chi connectivity index (χ4n) is 2.40. The van der Waals surface area contributed by atoms with Crippen molar-refractivity contribution < 1.29 is 9.59 Å². The summed E-state index contributed by atoms with van der Waals surface area (Å²) in [4.78, 5) is 23.7. The average Bonchev–Trinajstić information content (AvgIpc) is 2.47. The van der Waals surface area contributed by atoms with Crippen LogP contribution in [0, 0.1) is 11.8 Å². The summed E-state index contributed by atoms with van der Waals surface area (Å²) in [6, 6.07) is 7.90. The van der Waals surface area contributed by atoms with Gasteiger partial charge in [0, 0.05) is 23.9 Å². The number of Topliss-reactive ketones (excluding diaryl/α,β-unsaturated/α-hetero) is 1. The van der Waals surface area contributed by atoms with Gasteiger partial charge in [0.25, 0.3) is 0 Å². The topological polar surface area (TPSA) is 46.2 Å². The van der Waals surface area contributed by atoms with Gasteiger partial charge in [0.05, 0.1) is 0 Å². The van der Waals surface area contributed by atoms with Crippen molar-refractivity contribution >= 4 is 17.4 Å². The Hall–Kier alpha value is -1.64. The highest BCUT2D eigenvalue weighted by Gasteiger charge is 2.11. The van der Waals surface area contributed by atoms with Crippen LogP contribution in [-0.2, 0) is 16.0 Å². The largest absolute Gasteiger partial charge is 0.326 e. The Balaban J connectivity index is 2.47. The summed E-state index contributed by atoms with van der Waals surface area (Å²) >= 11 is 0. The molecule has 1 N–H and O–H groups in total. The van der Waals surface area contributed by atoms with E-state index >= 15 is 0 Å². The molecule has 1 amide bonds. The standard InChI is InChI=1S/C19H29NO2/c1-5-8-15(4)18(21)12-7-10-16-9-6-11-17(13-16)20-19(22)14(2)3/h6,9,11,13-15H,5,7-8,10,12H2,1-4H3,(H,20,22). The Labute approximate surface area is 134 Å². The second-order valence-corrected chi connectivity index (χ2v) is 6.35. The number of anilines is 1. The summed E-state index contributed by atoms with van der Waals surface area (Å²) in [5.41, 5.74) is 2.00. The van der Waals surface area contributed by atoms with Gasteiger partial charge < -0.3 is 5.32 Å². The van der Waals surface area contributed by atoms with E-state index < -0.39 is 0 Å². The summed E-state index contributed by atoms with van der Waals surface area (Å²) in [5.74, 6) is 0.551. The molecule has 22 heavy (non-hydrogen) atoms. The van der Waals surface area contributed by atoms with E-state index in [1.54, 1.807) is 0 Å². The molecule has 0 aromatic heterocycles. The van der Waals surface area contributed by atoms with Crippen molar-refractivity contribution in [3.63, 3.8) is 0 Å². The third-order valence-electron chi connectivity index (χ3n) is 3.88. The van der Waals surface area contributed by atoms with Gasteiger partial charge in [0.15, 0.2) is 0 Å². The summed E-state index contributed by atoms with van der Waals surface area (Å²) in [6.45, 7) is 7.89. The van der Waals surface area contributed by atoms with Gasteiger partial charge in [-0.05, 0) is 37.0 Å². The smallest absolute Gasteiger partial charge is 0.226 e. The molecule has 1 rings (SSSR count). The summed E-state index contributed by atoms with van der Waals surface area (Å²) in [6.07, 6.45) is 4.42. The van der Waals surface area contributed by atoms with Gasteiger partial charge in [-0.1, -0.05) is 46.2 Å². The number of aryl methyl sites for hydroxylation is 1. The SMILES string of the molecule is CCCC(C)C(=O)CCCc1cccc(NC(=O)C(C)C)c1. The first-order chi connectivity index (χ1) is 10.4. The van der Waals surface area contributed by atoms with Gasteiger partial charge in [-0.25, -0.2) is 0 Å². The number of ketones is 1. The lowest BCUT2D eigenvalue weighted by atomic mass is 9.96. The average molecular weight is 303 g/mol. The second-order valence-electron chi connectivity index (χ2n) is 6.35. The Bertz CT molecular complexity index is 494. The first-order valence-corrected chi connectivity index (χ1v) is 8.36. The van der Waals surface area contributed by atoms with Crippen molar-refractivity contribution in [1.82, 2.24) is 0 Å². The number of carbonyl (C=O) groups is 2. The molecule has 0 saturated carbocycles. The molecule has 3 heteroatoms. The fourth-order valence-corrected chi connectivity index (χ4v) is 2.40. The van der Waals surface area contributed by atoms with Gasteiger partial charge in [0.1, 0.15) is 5.78 Å². The maximum Gasteiger partial charge on any atom is 0.226 e. The maximum absolute atomic E-state index is 12.0. The van der Waals surface area contributed by atoms with E-state index in [4.69, 9.17) is 0 Å². The van der Waals surface area contributed by atoms with Crippen molar-refractivity contribution in [3.8, 4) is 0 Å². The van der Waals surface area contributed by atoms with E-state index in [1.165, 1.54) is 0 Å². The molecule has 1 aromatic carbocycles. The fraction of sp³-hybridized carbons (Fsp3) is 0.579. The summed E-state index contributed by atoms with van der Waals surface area (Å²) in [5, 5.41) is 2.91. The lowest BCUT2D eigenvalue weighted by molar-refractivity contribution is -0.122. The molecule has 3 nitrogen and oxygen atoms in total. The minimum Gasteiger partial charge on any atom is -0.326 e. The van der Waals surface area contributed by atoms with Crippen LogP contribution in [0.1, 0.15) is 58.9 Å². The van der Waals surface area contributed by atoms with Crippen LogP contribution in [0.2, 0.25) is 0 Å². The molecule has 0 aliphatic carbocycles. The van der Waals surface area contributed by atoms with Crippen LogP contribution in [-0.4, -0.2) is 11.7 Å². The van der Waals surface area contributed by atoms with Crippen LogP contribution in [0.4, 0.5) is 5.69 Å². The second kappa shape index (κ2) is 9.39. The van der Waals surface area contributed by atoms with Crippen LogP contribution in [0.3, 0.4) is 0 Å². The number of hydrogen-bond donors (Lipinski definition) is 1. The van der Waals surface area contributed by atoms with E-state index in [1.807, 2.05) is 45.0 Å².